The molecule has 0 N–H and O–H groups in total. The molecule has 0 unspecified atom stereocenters. The Morgan fingerprint density at radius 1 is 1.24 bits per heavy atom. The molecule has 0 saturated carbocycles. The fraction of sp³-hybridized carbons (Fsp3) is 0. The second-order valence-electron chi connectivity index (χ2n) is 3.37. The van der Waals surface area contributed by atoms with Gasteiger partial charge >= 0.3 is 0 Å². The molecule has 1 aromatic heterocycles. The number of benzene rings is 1. The van der Waals surface area contributed by atoms with E-state index in [1.165, 1.54) is 0 Å². The summed E-state index contributed by atoms with van der Waals surface area (Å²) in [6.07, 6.45) is 3.56. The summed E-state index contributed by atoms with van der Waals surface area (Å²) >= 11 is 6.79. The predicted octanol–water partition coefficient (Wildman–Crippen LogP) is 2.94. The fourth-order valence-corrected chi connectivity index (χ4v) is 2.47. The van der Waals surface area contributed by atoms with Gasteiger partial charge in [-0.2, -0.15) is 0 Å². The molecule has 0 atom stereocenters. The Hall–Kier alpha value is -1.58. The summed E-state index contributed by atoms with van der Waals surface area (Å²) < 4.78 is 0.442. The first-order valence-corrected chi connectivity index (χ1v) is 6.10. The summed E-state index contributed by atoms with van der Waals surface area (Å²) in [7, 11) is 0. The van der Waals surface area contributed by atoms with Crippen molar-refractivity contribution in [2.24, 2.45) is 0 Å². The molecule has 2 nitrogen and oxygen atoms in total. The molecule has 0 spiro atoms. The predicted molar refractivity (Wildman–Crippen MR) is 69.0 cm³/mol. The molecule has 0 amide bonds. The molecule has 4 heteroatoms. The number of hydrogen-bond donors (Lipinski definition) is 0. The van der Waals surface area contributed by atoms with Crippen LogP contribution >= 0.6 is 22.9 Å². The van der Waals surface area contributed by atoms with E-state index in [1.54, 1.807) is 12.1 Å². The maximum Gasteiger partial charge on any atom is 0.0941 e. The Labute approximate surface area is 108 Å². The Kier molecular flexibility index (Phi) is 3.61. The monoisotopic (exact) mass is 263 g/mol. The molecule has 17 heavy (non-hydrogen) atoms. The lowest BCUT2D eigenvalue weighted by Crippen LogP contribution is -2.21. The van der Waals surface area contributed by atoms with Gasteiger partial charge in [0.2, 0.25) is 0 Å². The van der Waals surface area contributed by atoms with Crippen LogP contribution in [0, 0.1) is 0 Å². The first kappa shape index (κ1) is 11.9. The van der Waals surface area contributed by atoms with Crippen LogP contribution in [0.15, 0.2) is 36.4 Å². The number of rotatable bonds is 3. The average molecular weight is 264 g/mol. The van der Waals surface area contributed by atoms with E-state index in [1.807, 2.05) is 36.4 Å². The molecule has 0 aliphatic heterocycles. The number of hydrogen-bond acceptors (Lipinski definition) is 3. The van der Waals surface area contributed by atoms with E-state index in [-0.39, 0.29) is 4.88 Å². The van der Waals surface area contributed by atoms with Gasteiger partial charge in [0.05, 0.1) is 15.2 Å². The van der Waals surface area contributed by atoms with Crippen molar-refractivity contribution in [1.29, 1.82) is 0 Å². The maximum atomic E-state index is 10.9. The van der Waals surface area contributed by atoms with Gasteiger partial charge in [-0.15, -0.1) is 11.3 Å². The Balaban J connectivity index is 2.30. The average Bonchev–Trinajstić information content (AvgIpc) is 2.69. The molecular weight excluding hydrogens is 256 g/mol. The highest BCUT2D eigenvalue weighted by Crippen LogP contribution is 2.27. The van der Waals surface area contributed by atoms with Crippen molar-refractivity contribution < 1.29 is 9.90 Å². The molecule has 0 bridgehead atoms. The van der Waals surface area contributed by atoms with Crippen molar-refractivity contribution >= 4 is 41.1 Å². The van der Waals surface area contributed by atoms with E-state index in [9.17, 15) is 9.90 Å². The minimum absolute atomic E-state index is 0.155. The van der Waals surface area contributed by atoms with Crippen LogP contribution in [0.2, 0.25) is 4.34 Å². The van der Waals surface area contributed by atoms with Crippen LogP contribution in [0.3, 0.4) is 0 Å². The summed E-state index contributed by atoms with van der Waals surface area (Å²) in [6, 6.07) is 11.2. The van der Waals surface area contributed by atoms with Gasteiger partial charge in [0.25, 0.3) is 0 Å². The van der Waals surface area contributed by atoms with Crippen molar-refractivity contribution in [1.82, 2.24) is 0 Å². The first-order valence-electron chi connectivity index (χ1n) is 4.90. The van der Waals surface area contributed by atoms with Crippen molar-refractivity contribution in [2.45, 2.75) is 0 Å². The molecule has 86 valence electrons. The molecule has 1 heterocycles. The minimum Gasteiger partial charge on any atom is -0.544 e. The standard InChI is InChI=1S/C13H9ClO2S/c14-11-8-10(12(17-11)13(15)16)7-6-9-4-2-1-3-5-9/h1-8H,(H,15,16)/p-1/b7-6-. The van der Waals surface area contributed by atoms with E-state index in [0.29, 0.717) is 9.90 Å². The minimum atomic E-state index is -1.20. The van der Waals surface area contributed by atoms with Crippen molar-refractivity contribution in [3.8, 4) is 0 Å². The van der Waals surface area contributed by atoms with Crippen molar-refractivity contribution in [3.63, 3.8) is 0 Å². The SMILES string of the molecule is O=C([O-])c1sc(Cl)cc1/C=C\c1ccccc1. The second-order valence-corrected chi connectivity index (χ2v) is 5.05. The van der Waals surface area contributed by atoms with Crippen LogP contribution in [0.25, 0.3) is 12.2 Å². The van der Waals surface area contributed by atoms with Crippen LogP contribution < -0.4 is 5.11 Å². The Bertz CT molecular complexity index is 558. The summed E-state index contributed by atoms with van der Waals surface area (Å²) in [4.78, 5) is 11.0. The van der Waals surface area contributed by atoms with Crippen LogP contribution in [-0.2, 0) is 0 Å². The molecule has 0 saturated heterocycles. The molecule has 1 aromatic carbocycles. The largest absolute Gasteiger partial charge is 0.544 e. The summed E-state index contributed by atoms with van der Waals surface area (Å²) in [5.74, 6) is -1.20. The van der Waals surface area contributed by atoms with E-state index in [0.717, 1.165) is 16.9 Å². The summed E-state index contributed by atoms with van der Waals surface area (Å²) in [6.45, 7) is 0. The highest BCUT2D eigenvalue weighted by Gasteiger charge is 2.05. The molecule has 0 aliphatic rings. The van der Waals surface area contributed by atoms with Gasteiger partial charge in [0, 0.05) is 0 Å². The second kappa shape index (κ2) is 5.17. The van der Waals surface area contributed by atoms with E-state index >= 15 is 0 Å². The molecule has 0 radical (unpaired) electrons. The third kappa shape index (κ3) is 2.96. The van der Waals surface area contributed by atoms with Crippen LogP contribution in [-0.4, -0.2) is 5.97 Å². The van der Waals surface area contributed by atoms with Gasteiger partial charge in [-0.05, 0) is 17.2 Å². The number of aromatic carboxylic acids is 1. The van der Waals surface area contributed by atoms with Crippen LogP contribution in [0.5, 0.6) is 0 Å². The lowest BCUT2D eigenvalue weighted by molar-refractivity contribution is -0.254. The van der Waals surface area contributed by atoms with E-state index in [2.05, 4.69) is 0 Å². The topological polar surface area (TPSA) is 40.1 Å². The first-order chi connectivity index (χ1) is 8.16. The summed E-state index contributed by atoms with van der Waals surface area (Å²) in [5, 5.41) is 10.9. The zero-order valence-electron chi connectivity index (χ0n) is 8.72. The Morgan fingerprint density at radius 2 is 1.94 bits per heavy atom. The molecular formula is C13H8ClO2S-. The third-order valence-corrected chi connectivity index (χ3v) is 3.43. The van der Waals surface area contributed by atoms with E-state index < -0.39 is 5.97 Å². The van der Waals surface area contributed by atoms with Crippen LogP contribution in [0.1, 0.15) is 20.8 Å². The van der Waals surface area contributed by atoms with Gasteiger partial charge in [-0.1, -0.05) is 54.1 Å². The quantitative estimate of drug-likeness (QED) is 0.854. The zero-order valence-corrected chi connectivity index (χ0v) is 10.3. The number of carboxylic acids is 1. The molecule has 0 fully saturated rings. The van der Waals surface area contributed by atoms with Gasteiger partial charge in [0.15, 0.2) is 0 Å². The third-order valence-electron chi connectivity index (χ3n) is 2.17. The summed E-state index contributed by atoms with van der Waals surface area (Å²) in [5.41, 5.74) is 1.57. The zero-order chi connectivity index (χ0) is 12.3. The lowest BCUT2D eigenvalue weighted by Gasteiger charge is -1.99. The van der Waals surface area contributed by atoms with Gasteiger partial charge in [-0.25, -0.2) is 0 Å². The fourth-order valence-electron chi connectivity index (χ4n) is 1.41. The number of halogens is 1. The highest BCUT2D eigenvalue weighted by molar-refractivity contribution is 7.18. The molecule has 0 aliphatic carbocycles. The normalized spacial score (nSPS) is 10.9. The smallest absolute Gasteiger partial charge is 0.0941 e. The van der Waals surface area contributed by atoms with E-state index in [4.69, 9.17) is 11.6 Å². The number of thiophene rings is 1. The number of carboxylic acid groups (broad SMARTS) is 1. The molecule has 2 rings (SSSR count). The van der Waals surface area contributed by atoms with Crippen molar-refractivity contribution in [3.05, 3.63) is 56.7 Å². The number of carbonyl (C=O) groups excluding carboxylic acids is 1. The lowest BCUT2D eigenvalue weighted by atomic mass is 10.1. The number of carbonyl (C=O) groups is 1. The highest BCUT2D eigenvalue weighted by atomic mass is 35.5. The van der Waals surface area contributed by atoms with Crippen molar-refractivity contribution in [2.75, 3.05) is 0 Å². The van der Waals surface area contributed by atoms with Gasteiger partial charge in [0.1, 0.15) is 0 Å². The van der Waals surface area contributed by atoms with Crippen LogP contribution in [0.4, 0.5) is 0 Å². The van der Waals surface area contributed by atoms with Gasteiger partial charge < -0.3 is 9.90 Å². The van der Waals surface area contributed by atoms with Gasteiger partial charge in [-0.3, -0.25) is 0 Å². The molecule has 2 aromatic rings. The Morgan fingerprint density at radius 3 is 2.59 bits per heavy atom. The maximum absolute atomic E-state index is 10.9.